The van der Waals surface area contributed by atoms with Crippen molar-refractivity contribution < 1.29 is 19.4 Å². The maximum Gasteiger partial charge on any atom is 0.354 e. The van der Waals surface area contributed by atoms with E-state index in [1.807, 2.05) is 20.8 Å². The minimum Gasteiger partial charge on any atom is -0.477 e. The van der Waals surface area contributed by atoms with E-state index in [1.165, 1.54) is 0 Å². The second-order valence-electron chi connectivity index (χ2n) is 7.42. The Kier molecular flexibility index (Phi) is 5.47. The molecule has 6 heteroatoms. The second kappa shape index (κ2) is 7.20. The third kappa shape index (κ3) is 4.94. The summed E-state index contributed by atoms with van der Waals surface area (Å²) in [5.41, 5.74) is 1.09. The van der Waals surface area contributed by atoms with Gasteiger partial charge in [0.25, 0.3) is 0 Å². The Labute approximate surface area is 142 Å². The number of aromatic nitrogens is 1. The Balaban J connectivity index is 1.88. The highest BCUT2D eigenvalue weighted by Crippen LogP contribution is 2.29. The van der Waals surface area contributed by atoms with Gasteiger partial charge < -0.3 is 15.2 Å². The van der Waals surface area contributed by atoms with Gasteiger partial charge >= 0.3 is 11.9 Å². The van der Waals surface area contributed by atoms with Gasteiger partial charge in [-0.15, -0.1) is 0 Å². The summed E-state index contributed by atoms with van der Waals surface area (Å²) in [6, 6.07) is 2.07. The molecule has 0 amide bonds. The molecule has 0 aliphatic heterocycles. The molecule has 1 aromatic heterocycles. The topological polar surface area (TPSA) is 88.5 Å². The number of aryl methyl sites for hydroxylation is 1. The fourth-order valence-corrected chi connectivity index (χ4v) is 2.97. The normalized spacial score (nSPS) is 21.2. The van der Waals surface area contributed by atoms with Crippen molar-refractivity contribution in [3.05, 3.63) is 23.5 Å². The summed E-state index contributed by atoms with van der Waals surface area (Å²) in [7, 11) is 0. The number of rotatable bonds is 4. The Hall–Kier alpha value is -2.11. The predicted octanol–water partition coefficient (Wildman–Crippen LogP) is 3.40. The number of pyridine rings is 1. The van der Waals surface area contributed by atoms with Crippen LogP contribution < -0.4 is 5.32 Å². The first-order valence-electron chi connectivity index (χ1n) is 8.35. The average Bonchev–Trinajstić information content (AvgIpc) is 2.45. The van der Waals surface area contributed by atoms with Crippen LogP contribution in [0.3, 0.4) is 0 Å². The summed E-state index contributed by atoms with van der Waals surface area (Å²) >= 11 is 0. The van der Waals surface area contributed by atoms with Crippen molar-refractivity contribution in [2.75, 3.05) is 5.32 Å². The molecular formula is C18H26N2O4. The first kappa shape index (κ1) is 18.2. The van der Waals surface area contributed by atoms with Gasteiger partial charge in [0.15, 0.2) is 5.69 Å². The molecule has 132 valence electrons. The van der Waals surface area contributed by atoms with Crippen molar-refractivity contribution in [1.82, 2.24) is 4.98 Å². The summed E-state index contributed by atoms with van der Waals surface area (Å²) < 4.78 is 5.46. The van der Waals surface area contributed by atoms with Gasteiger partial charge in [-0.2, -0.15) is 0 Å². The highest BCUT2D eigenvalue weighted by molar-refractivity contribution is 5.87. The molecule has 0 aromatic carbocycles. The number of ether oxygens (including phenoxy) is 1. The number of esters is 1. The molecule has 0 atom stereocenters. The number of carboxylic acids is 1. The maximum atomic E-state index is 12.1. The van der Waals surface area contributed by atoms with Crippen LogP contribution in [-0.4, -0.2) is 33.7 Å². The third-order valence-corrected chi connectivity index (χ3v) is 4.12. The van der Waals surface area contributed by atoms with Crippen LogP contribution in [0.4, 0.5) is 5.69 Å². The molecule has 24 heavy (non-hydrogen) atoms. The van der Waals surface area contributed by atoms with E-state index in [0.717, 1.165) is 31.4 Å². The number of carboxylic acid groups (broad SMARTS) is 1. The molecule has 0 unspecified atom stereocenters. The highest BCUT2D eigenvalue weighted by atomic mass is 16.6. The Morgan fingerprint density at radius 3 is 2.38 bits per heavy atom. The average molecular weight is 334 g/mol. The van der Waals surface area contributed by atoms with Crippen LogP contribution in [0.1, 0.15) is 62.5 Å². The number of nitrogens with zero attached hydrogens (tertiary/aromatic N) is 1. The number of aromatic carboxylic acids is 1. The molecule has 6 nitrogen and oxygen atoms in total. The number of carbonyl (C=O) groups excluding carboxylic acids is 1. The molecule has 1 fully saturated rings. The zero-order valence-electron chi connectivity index (χ0n) is 14.8. The van der Waals surface area contributed by atoms with E-state index in [4.69, 9.17) is 9.84 Å². The zero-order chi connectivity index (χ0) is 17.9. The SMILES string of the molecule is Cc1cc(NC2CCC(C(=O)OC(C)(C)C)CC2)cnc1C(=O)O. The van der Waals surface area contributed by atoms with Gasteiger partial charge in [-0.3, -0.25) is 4.79 Å². The van der Waals surface area contributed by atoms with E-state index in [9.17, 15) is 9.59 Å². The molecule has 1 aliphatic rings. The molecule has 0 saturated heterocycles. The van der Waals surface area contributed by atoms with Gasteiger partial charge in [-0.1, -0.05) is 0 Å². The standard InChI is InChI=1S/C18H26N2O4/c1-11-9-14(10-19-15(11)16(21)22)20-13-7-5-12(6-8-13)17(23)24-18(2,3)4/h9-10,12-13,20H,5-8H2,1-4H3,(H,21,22). The van der Waals surface area contributed by atoms with Gasteiger partial charge in [-0.25, -0.2) is 9.78 Å². The van der Waals surface area contributed by atoms with Crippen molar-refractivity contribution in [2.24, 2.45) is 5.92 Å². The summed E-state index contributed by atoms with van der Waals surface area (Å²) in [5, 5.41) is 12.4. The fourth-order valence-electron chi connectivity index (χ4n) is 2.97. The van der Waals surface area contributed by atoms with Gasteiger partial charge in [0.1, 0.15) is 5.60 Å². The highest BCUT2D eigenvalue weighted by Gasteiger charge is 2.29. The lowest BCUT2D eigenvalue weighted by Gasteiger charge is -2.30. The molecule has 0 spiro atoms. The molecule has 0 bridgehead atoms. The molecule has 2 rings (SSSR count). The molecule has 1 saturated carbocycles. The van der Waals surface area contributed by atoms with Crippen molar-refractivity contribution in [3.8, 4) is 0 Å². The number of anilines is 1. The van der Waals surface area contributed by atoms with Gasteiger partial charge in [0.2, 0.25) is 0 Å². The van der Waals surface area contributed by atoms with Crippen LogP contribution in [0.5, 0.6) is 0 Å². The second-order valence-corrected chi connectivity index (χ2v) is 7.42. The molecule has 2 N–H and O–H groups in total. The first-order valence-corrected chi connectivity index (χ1v) is 8.35. The third-order valence-electron chi connectivity index (χ3n) is 4.12. The minimum absolute atomic E-state index is 0.0310. The van der Waals surface area contributed by atoms with Crippen LogP contribution in [0.2, 0.25) is 0 Å². The molecule has 0 radical (unpaired) electrons. The summed E-state index contributed by atoms with van der Waals surface area (Å²) in [4.78, 5) is 27.1. The first-order chi connectivity index (χ1) is 11.2. The summed E-state index contributed by atoms with van der Waals surface area (Å²) in [6.07, 6.45) is 4.90. The number of hydrogen-bond donors (Lipinski definition) is 2. The van der Waals surface area contributed by atoms with Gasteiger partial charge in [-0.05, 0) is 65.0 Å². The minimum atomic E-state index is -1.02. The quantitative estimate of drug-likeness (QED) is 0.820. The molecule has 1 aliphatic carbocycles. The van der Waals surface area contributed by atoms with Crippen molar-refractivity contribution in [1.29, 1.82) is 0 Å². The molecule has 1 aromatic rings. The summed E-state index contributed by atoms with van der Waals surface area (Å²) in [5.74, 6) is -1.15. The van der Waals surface area contributed by atoms with E-state index < -0.39 is 11.6 Å². The Morgan fingerprint density at radius 2 is 1.88 bits per heavy atom. The van der Waals surface area contributed by atoms with Crippen LogP contribution in [0, 0.1) is 12.8 Å². The fraction of sp³-hybridized carbons (Fsp3) is 0.611. The van der Waals surface area contributed by atoms with Crippen LogP contribution in [-0.2, 0) is 9.53 Å². The van der Waals surface area contributed by atoms with Crippen molar-refractivity contribution in [3.63, 3.8) is 0 Å². The number of carbonyl (C=O) groups is 2. The van der Waals surface area contributed by atoms with Crippen molar-refractivity contribution in [2.45, 2.75) is 65.0 Å². The van der Waals surface area contributed by atoms with E-state index in [1.54, 1.807) is 19.2 Å². The van der Waals surface area contributed by atoms with Crippen LogP contribution in [0.25, 0.3) is 0 Å². The summed E-state index contributed by atoms with van der Waals surface area (Å²) in [6.45, 7) is 7.39. The smallest absolute Gasteiger partial charge is 0.354 e. The van der Waals surface area contributed by atoms with E-state index >= 15 is 0 Å². The molecule has 1 heterocycles. The van der Waals surface area contributed by atoms with E-state index in [0.29, 0.717) is 5.56 Å². The van der Waals surface area contributed by atoms with Crippen LogP contribution in [0.15, 0.2) is 12.3 Å². The lowest BCUT2D eigenvalue weighted by atomic mass is 9.86. The monoisotopic (exact) mass is 334 g/mol. The molecular weight excluding hydrogens is 308 g/mol. The zero-order valence-corrected chi connectivity index (χ0v) is 14.8. The van der Waals surface area contributed by atoms with Gasteiger partial charge in [0, 0.05) is 6.04 Å². The van der Waals surface area contributed by atoms with Gasteiger partial charge in [0.05, 0.1) is 17.8 Å². The van der Waals surface area contributed by atoms with E-state index in [-0.39, 0.29) is 23.6 Å². The lowest BCUT2D eigenvalue weighted by molar-refractivity contribution is -0.161. The van der Waals surface area contributed by atoms with E-state index in [2.05, 4.69) is 10.3 Å². The maximum absolute atomic E-state index is 12.1. The van der Waals surface area contributed by atoms with Crippen LogP contribution >= 0.6 is 0 Å². The predicted molar refractivity (Wildman–Crippen MR) is 91.1 cm³/mol. The van der Waals surface area contributed by atoms with Crippen molar-refractivity contribution >= 4 is 17.6 Å². The Bertz CT molecular complexity index is 614. The number of nitrogens with one attached hydrogen (secondary N) is 1. The largest absolute Gasteiger partial charge is 0.477 e. The number of hydrogen-bond acceptors (Lipinski definition) is 5. The Morgan fingerprint density at radius 1 is 1.25 bits per heavy atom. The lowest BCUT2D eigenvalue weighted by Crippen LogP contribution is -2.33.